The van der Waals surface area contributed by atoms with Crippen molar-refractivity contribution in [1.29, 1.82) is 0 Å². The molecular weight excluding hydrogens is 410 g/mol. The number of fused-ring (bicyclic) bond motifs is 1. The average molecular weight is 428 g/mol. The Morgan fingerprint density at radius 2 is 1.81 bits per heavy atom. The third kappa shape index (κ3) is 3.58. The van der Waals surface area contributed by atoms with E-state index in [0.29, 0.717) is 0 Å². The van der Waals surface area contributed by atoms with E-state index in [0.717, 1.165) is 45.0 Å². The number of H-pyrrole nitrogens is 1. The minimum atomic E-state index is -0.937. The number of nitrogens with zero attached hydrogens (tertiary/aromatic N) is 3. The van der Waals surface area contributed by atoms with Crippen molar-refractivity contribution in [3.8, 4) is 22.4 Å². The number of nitrogens with one attached hydrogen (secondary N) is 1. The molecule has 0 saturated heterocycles. The minimum absolute atomic E-state index is 0.0466. The van der Waals surface area contributed by atoms with Crippen LogP contribution in [-0.2, 0) is 6.54 Å². The fourth-order valence-corrected chi connectivity index (χ4v) is 3.78. The van der Waals surface area contributed by atoms with Crippen LogP contribution in [0.1, 0.15) is 11.3 Å². The molecule has 0 unspecified atom stereocenters. The topological polar surface area (TPSA) is 63.6 Å². The van der Waals surface area contributed by atoms with Crippen molar-refractivity contribution in [3.63, 3.8) is 0 Å². The fraction of sp³-hybridized carbons (Fsp3) is 0.0800. The zero-order valence-corrected chi connectivity index (χ0v) is 17.1. The number of rotatable bonds is 4. The third-order valence-electron chi connectivity index (χ3n) is 5.43. The van der Waals surface area contributed by atoms with Crippen LogP contribution in [-0.4, -0.2) is 19.7 Å². The molecule has 0 aliphatic heterocycles. The first-order chi connectivity index (χ1) is 15.5. The maximum absolute atomic E-state index is 14.0. The molecule has 5 rings (SSSR count). The lowest BCUT2D eigenvalue weighted by atomic mass is 10.0. The van der Waals surface area contributed by atoms with Crippen molar-refractivity contribution in [2.24, 2.45) is 0 Å². The molecule has 0 aliphatic rings. The largest absolute Gasteiger partial charge is 0.311 e. The highest BCUT2D eigenvalue weighted by molar-refractivity contribution is 5.95. The van der Waals surface area contributed by atoms with Gasteiger partial charge >= 0.3 is 0 Å². The Balaban J connectivity index is 1.51. The number of aromatic amines is 1. The second-order valence-electron chi connectivity index (χ2n) is 7.61. The van der Waals surface area contributed by atoms with Gasteiger partial charge in [-0.3, -0.25) is 14.9 Å². The van der Waals surface area contributed by atoms with Gasteiger partial charge in [-0.2, -0.15) is 5.10 Å². The molecule has 7 heteroatoms. The Morgan fingerprint density at radius 1 is 0.969 bits per heavy atom. The SMILES string of the molecule is Cc1cc(-c2n[nH]c3ccc(-c4ccn(Cc5cccc(F)c5F)c(=O)c4)cc23)ccn1. The van der Waals surface area contributed by atoms with Gasteiger partial charge in [-0.05, 0) is 54.4 Å². The van der Waals surface area contributed by atoms with Gasteiger partial charge in [0.25, 0.3) is 5.56 Å². The molecule has 32 heavy (non-hydrogen) atoms. The molecule has 0 atom stereocenters. The van der Waals surface area contributed by atoms with Gasteiger partial charge in [-0.25, -0.2) is 8.78 Å². The summed E-state index contributed by atoms with van der Waals surface area (Å²) in [5.41, 5.74) is 4.94. The smallest absolute Gasteiger partial charge is 0.251 e. The fourth-order valence-electron chi connectivity index (χ4n) is 3.78. The predicted octanol–water partition coefficient (Wildman–Crippen LogP) is 5.09. The first kappa shape index (κ1) is 19.8. The van der Waals surface area contributed by atoms with Gasteiger partial charge in [0.2, 0.25) is 0 Å². The number of aromatic nitrogens is 4. The molecule has 0 spiro atoms. The molecule has 3 heterocycles. The molecule has 0 amide bonds. The van der Waals surface area contributed by atoms with Crippen molar-refractivity contribution in [3.05, 3.63) is 106 Å². The van der Waals surface area contributed by atoms with Crippen molar-refractivity contribution in [2.75, 3.05) is 0 Å². The van der Waals surface area contributed by atoms with Crippen molar-refractivity contribution < 1.29 is 8.78 Å². The third-order valence-corrected chi connectivity index (χ3v) is 5.43. The van der Waals surface area contributed by atoms with Crippen LogP contribution in [0.4, 0.5) is 8.78 Å². The Morgan fingerprint density at radius 3 is 2.62 bits per heavy atom. The summed E-state index contributed by atoms with van der Waals surface area (Å²) >= 11 is 0. The van der Waals surface area contributed by atoms with Gasteiger partial charge in [-0.1, -0.05) is 18.2 Å². The number of halogens is 2. The quantitative estimate of drug-likeness (QED) is 0.434. The van der Waals surface area contributed by atoms with Crippen molar-refractivity contribution in [1.82, 2.24) is 19.7 Å². The molecule has 3 aromatic heterocycles. The van der Waals surface area contributed by atoms with Crippen LogP contribution in [0.2, 0.25) is 0 Å². The van der Waals surface area contributed by atoms with Crippen LogP contribution in [0.5, 0.6) is 0 Å². The standard InChI is InChI=1S/C25H18F2N4O/c1-15-11-18(7-9-28-15)25-20-12-16(5-6-22(20)29-30-25)17-8-10-31(23(32)13-17)14-19-3-2-4-21(26)24(19)27/h2-13H,14H2,1H3,(H,29,30). The zero-order valence-electron chi connectivity index (χ0n) is 17.1. The van der Waals surface area contributed by atoms with Crippen LogP contribution in [0.25, 0.3) is 33.3 Å². The van der Waals surface area contributed by atoms with E-state index in [9.17, 15) is 13.6 Å². The molecule has 0 radical (unpaired) electrons. The summed E-state index contributed by atoms with van der Waals surface area (Å²) in [6, 6.07) is 16.9. The summed E-state index contributed by atoms with van der Waals surface area (Å²) in [4.78, 5) is 16.9. The lowest BCUT2D eigenvalue weighted by molar-refractivity contribution is 0.494. The Bertz CT molecular complexity index is 1520. The summed E-state index contributed by atoms with van der Waals surface area (Å²) in [5, 5.41) is 8.42. The van der Waals surface area contributed by atoms with Crippen LogP contribution < -0.4 is 5.56 Å². The molecule has 5 aromatic rings. The van der Waals surface area contributed by atoms with E-state index in [4.69, 9.17) is 0 Å². The van der Waals surface area contributed by atoms with E-state index in [-0.39, 0.29) is 17.7 Å². The second-order valence-corrected chi connectivity index (χ2v) is 7.61. The van der Waals surface area contributed by atoms with Crippen LogP contribution in [0.15, 0.2) is 77.9 Å². The van der Waals surface area contributed by atoms with Gasteiger partial charge in [0.1, 0.15) is 5.69 Å². The highest BCUT2D eigenvalue weighted by Gasteiger charge is 2.12. The molecule has 2 aromatic carbocycles. The van der Waals surface area contributed by atoms with E-state index in [1.807, 2.05) is 37.3 Å². The normalized spacial score (nSPS) is 11.2. The van der Waals surface area contributed by atoms with Gasteiger partial charge < -0.3 is 4.57 Å². The first-order valence-corrected chi connectivity index (χ1v) is 10.0. The lowest BCUT2D eigenvalue weighted by Gasteiger charge is -2.09. The molecule has 0 aliphatic carbocycles. The van der Waals surface area contributed by atoms with E-state index < -0.39 is 11.6 Å². The van der Waals surface area contributed by atoms with Gasteiger partial charge in [0.15, 0.2) is 11.6 Å². The number of hydrogen-bond acceptors (Lipinski definition) is 3. The number of aryl methyl sites for hydroxylation is 1. The molecular formula is C25H18F2N4O. The predicted molar refractivity (Wildman–Crippen MR) is 119 cm³/mol. The molecule has 0 saturated carbocycles. The highest BCUT2D eigenvalue weighted by atomic mass is 19.2. The Hall–Kier alpha value is -4.13. The van der Waals surface area contributed by atoms with Gasteiger partial charge in [0.05, 0.1) is 12.1 Å². The van der Waals surface area contributed by atoms with Crippen LogP contribution in [0.3, 0.4) is 0 Å². The monoisotopic (exact) mass is 428 g/mol. The van der Waals surface area contributed by atoms with Gasteiger partial charge in [0, 0.05) is 40.7 Å². The zero-order chi connectivity index (χ0) is 22.2. The summed E-state index contributed by atoms with van der Waals surface area (Å²) < 4.78 is 28.8. The Labute approximate surface area is 182 Å². The van der Waals surface area contributed by atoms with E-state index >= 15 is 0 Å². The number of pyridine rings is 2. The van der Waals surface area contributed by atoms with Gasteiger partial charge in [-0.15, -0.1) is 0 Å². The van der Waals surface area contributed by atoms with Crippen LogP contribution in [0, 0.1) is 18.6 Å². The maximum atomic E-state index is 14.0. The summed E-state index contributed by atoms with van der Waals surface area (Å²) in [6.07, 6.45) is 3.34. The maximum Gasteiger partial charge on any atom is 0.251 e. The lowest BCUT2D eigenvalue weighted by Crippen LogP contribution is -2.19. The van der Waals surface area contributed by atoms with Crippen LogP contribution >= 0.6 is 0 Å². The highest BCUT2D eigenvalue weighted by Crippen LogP contribution is 2.30. The Kier molecular flexibility index (Phi) is 4.86. The van der Waals surface area contributed by atoms with E-state index in [1.165, 1.54) is 22.8 Å². The van der Waals surface area contributed by atoms with E-state index in [1.54, 1.807) is 18.5 Å². The summed E-state index contributed by atoms with van der Waals surface area (Å²) in [7, 11) is 0. The number of hydrogen-bond donors (Lipinski definition) is 1. The molecule has 1 N–H and O–H groups in total. The molecule has 5 nitrogen and oxygen atoms in total. The summed E-state index contributed by atoms with van der Waals surface area (Å²) in [5.74, 6) is -1.87. The molecule has 0 fully saturated rings. The molecule has 158 valence electrons. The van der Waals surface area contributed by atoms with E-state index in [2.05, 4.69) is 15.2 Å². The minimum Gasteiger partial charge on any atom is -0.311 e. The molecule has 0 bridgehead atoms. The number of benzene rings is 2. The average Bonchev–Trinajstić information content (AvgIpc) is 3.21. The summed E-state index contributed by atoms with van der Waals surface area (Å²) in [6.45, 7) is 1.88. The van der Waals surface area contributed by atoms with Crippen molar-refractivity contribution in [2.45, 2.75) is 13.5 Å². The van der Waals surface area contributed by atoms with Crippen molar-refractivity contribution >= 4 is 10.9 Å². The second kappa shape index (κ2) is 7.85. The first-order valence-electron chi connectivity index (χ1n) is 10.0.